The van der Waals surface area contributed by atoms with Crippen LogP contribution in [0.25, 0.3) is 0 Å². The fraction of sp³-hybridized carbons (Fsp3) is 0.600. The Balaban J connectivity index is 2.15. The smallest absolute Gasteiger partial charge is 0.0700 e. The van der Waals surface area contributed by atoms with Gasteiger partial charge in [0.15, 0.2) is 0 Å². The molecule has 0 radical (unpaired) electrons. The van der Waals surface area contributed by atoms with Gasteiger partial charge in [-0.2, -0.15) is 0 Å². The highest BCUT2D eigenvalue weighted by molar-refractivity contribution is 9.11. The fourth-order valence-electron chi connectivity index (χ4n) is 1.85. The predicted octanol–water partition coefficient (Wildman–Crippen LogP) is 4.31. The van der Waals surface area contributed by atoms with Gasteiger partial charge in [0.1, 0.15) is 0 Å². The summed E-state index contributed by atoms with van der Waals surface area (Å²) in [6.45, 7) is 5.35. The van der Waals surface area contributed by atoms with E-state index < -0.39 is 0 Å². The van der Waals surface area contributed by atoms with Crippen molar-refractivity contribution >= 4 is 31.9 Å². The van der Waals surface area contributed by atoms with Gasteiger partial charge >= 0.3 is 0 Å². The minimum absolute atomic E-state index is 0.340. The number of hydrogen-bond acceptors (Lipinski definition) is 3. The minimum Gasteiger partial charge on any atom is -0.382 e. The van der Waals surface area contributed by atoms with Crippen LogP contribution in [0.1, 0.15) is 31.4 Å². The first-order chi connectivity index (χ1) is 9.65. The van der Waals surface area contributed by atoms with Gasteiger partial charge in [-0.05, 0) is 44.0 Å². The van der Waals surface area contributed by atoms with Crippen molar-refractivity contribution in [2.24, 2.45) is 0 Å². The molecule has 1 aromatic carbocycles. The molecule has 114 valence electrons. The third-order valence-corrected chi connectivity index (χ3v) is 4.21. The largest absolute Gasteiger partial charge is 0.382 e. The van der Waals surface area contributed by atoms with Crippen LogP contribution >= 0.6 is 31.9 Å². The highest BCUT2D eigenvalue weighted by Crippen LogP contribution is 2.26. The van der Waals surface area contributed by atoms with Crippen LogP contribution in [0.5, 0.6) is 0 Å². The van der Waals surface area contributed by atoms with E-state index in [1.807, 2.05) is 0 Å². The van der Waals surface area contributed by atoms with Crippen LogP contribution in [0, 0.1) is 0 Å². The van der Waals surface area contributed by atoms with Crippen molar-refractivity contribution < 1.29 is 9.47 Å². The van der Waals surface area contributed by atoms with Gasteiger partial charge in [0.2, 0.25) is 0 Å². The normalized spacial score (nSPS) is 12.6. The Morgan fingerprint density at radius 1 is 1.15 bits per heavy atom. The lowest BCUT2D eigenvalue weighted by atomic mass is 10.1. The van der Waals surface area contributed by atoms with Gasteiger partial charge in [-0.1, -0.05) is 37.9 Å². The first-order valence-electron chi connectivity index (χ1n) is 6.90. The summed E-state index contributed by atoms with van der Waals surface area (Å²) >= 11 is 7.07. The third kappa shape index (κ3) is 7.18. The zero-order chi connectivity index (χ0) is 14.8. The van der Waals surface area contributed by atoms with Crippen molar-refractivity contribution in [3.05, 3.63) is 32.7 Å². The predicted molar refractivity (Wildman–Crippen MR) is 90.2 cm³/mol. The number of halogens is 2. The molecule has 0 saturated heterocycles. The van der Waals surface area contributed by atoms with E-state index in [0.29, 0.717) is 19.3 Å². The molecule has 0 aliphatic heterocycles. The van der Waals surface area contributed by atoms with E-state index >= 15 is 0 Å². The second-order valence-electron chi connectivity index (χ2n) is 4.65. The zero-order valence-corrected chi connectivity index (χ0v) is 15.3. The maximum absolute atomic E-state index is 5.43. The van der Waals surface area contributed by atoms with E-state index in [4.69, 9.17) is 9.47 Å². The molecule has 0 amide bonds. The molecule has 1 aromatic rings. The Morgan fingerprint density at radius 3 is 2.65 bits per heavy atom. The molecular weight excluding hydrogens is 386 g/mol. The van der Waals surface area contributed by atoms with E-state index in [2.05, 4.69) is 62.3 Å². The van der Waals surface area contributed by atoms with Crippen LogP contribution in [0.3, 0.4) is 0 Å². The van der Waals surface area contributed by atoms with Gasteiger partial charge < -0.3 is 14.8 Å². The lowest BCUT2D eigenvalue weighted by Crippen LogP contribution is -2.20. The molecule has 0 aromatic heterocycles. The number of unbranched alkanes of at least 4 members (excludes halogenated alkanes) is 1. The number of hydrogen-bond donors (Lipinski definition) is 1. The Morgan fingerprint density at radius 2 is 1.95 bits per heavy atom. The van der Waals surface area contributed by atoms with Gasteiger partial charge in [-0.15, -0.1) is 0 Å². The number of methoxy groups -OCH3 is 1. The average molecular weight is 409 g/mol. The molecule has 1 N–H and O–H groups in total. The molecule has 1 atom stereocenters. The highest BCUT2D eigenvalue weighted by atomic mass is 79.9. The van der Waals surface area contributed by atoms with E-state index in [0.717, 1.165) is 34.9 Å². The number of rotatable bonds is 10. The summed E-state index contributed by atoms with van der Waals surface area (Å²) in [7, 11) is 1.69. The highest BCUT2D eigenvalue weighted by Gasteiger charge is 2.08. The van der Waals surface area contributed by atoms with Gasteiger partial charge in [0.25, 0.3) is 0 Å². The average Bonchev–Trinajstić information content (AvgIpc) is 2.41. The third-order valence-electron chi connectivity index (χ3n) is 3.03. The Hall–Kier alpha value is 0.0600. The van der Waals surface area contributed by atoms with E-state index in [1.54, 1.807) is 7.11 Å². The molecule has 0 saturated carbocycles. The molecule has 3 nitrogen and oxygen atoms in total. The standard InChI is InChI=1S/C15H23Br2NO2/c1-12(14-6-5-13(16)11-15(14)17)18-7-3-4-8-20-10-9-19-2/h5-6,11-12,18H,3-4,7-10H2,1-2H3. The summed E-state index contributed by atoms with van der Waals surface area (Å²) in [5, 5.41) is 3.54. The molecule has 1 rings (SSSR count). The van der Waals surface area contributed by atoms with Crippen molar-refractivity contribution in [1.82, 2.24) is 5.32 Å². The summed E-state index contributed by atoms with van der Waals surface area (Å²) < 4.78 is 12.6. The van der Waals surface area contributed by atoms with Crippen molar-refractivity contribution in [2.45, 2.75) is 25.8 Å². The second kappa shape index (κ2) is 10.7. The molecule has 0 aliphatic carbocycles. The first kappa shape index (κ1) is 18.1. The molecule has 0 bridgehead atoms. The fourth-order valence-corrected chi connectivity index (χ4v) is 3.25. The van der Waals surface area contributed by atoms with Crippen molar-refractivity contribution in [1.29, 1.82) is 0 Å². The number of ether oxygens (including phenoxy) is 2. The molecule has 5 heteroatoms. The molecule has 0 heterocycles. The van der Waals surface area contributed by atoms with Crippen molar-refractivity contribution in [3.63, 3.8) is 0 Å². The van der Waals surface area contributed by atoms with Gasteiger partial charge in [0.05, 0.1) is 13.2 Å². The summed E-state index contributed by atoms with van der Waals surface area (Å²) in [5.74, 6) is 0. The topological polar surface area (TPSA) is 30.5 Å². The summed E-state index contributed by atoms with van der Waals surface area (Å²) in [6, 6.07) is 6.63. The van der Waals surface area contributed by atoms with Crippen molar-refractivity contribution in [3.8, 4) is 0 Å². The van der Waals surface area contributed by atoms with Gasteiger partial charge in [-0.25, -0.2) is 0 Å². The molecule has 20 heavy (non-hydrogen) atoms. The van der Waals surface area contributed by atoms with Crippen LogP contribution in [-0.4, -0.2) is 33.5 Å². The Labute approximate surface area is 138 Å². The Bertz CT molecular complexity index is 388. The molecule has 1 unspecified atom stereocenters. The molecule has 0 aliphatic rings. The summed E-state index contributed by atoms with van der Waals surface area (Å²) in [6.07, 6.45) is 2.19. The van der Waals surface area contributed by atoms with E-state index in [9.17, 15) is 0 Å². The Kier molecular flexibility index (Phi) is 9.72. The van der Waals surface area contributed by atoms with Gasteiger partial charge in [-0.3, -0.25) is 0 Å². The summed E-state index contributed by atoms with van der Waals surface area (Å²) in [4.78, 5) is 0. The number of nitrogens with one attached hydrogen (secondary N) is 1. The van der Waals surface area contributed by atoms with E-state index in [-0.39, 0.29) is 0 Å². The zero-order valence-electron chi connectivity index (χ0n) is 12.1. The van der Waals surface area contributed by atoms with Crippen LogP contribution in [0.2, 0.25) is 0 Å². The maximum Gasteiger partial charge on any atom is 0.0700 e. The van der Waals surface area contributed by atoms with Gasteiger partial charge in [0, 0.05) is 28.7 Å². The SMILES string of the molecule is COCCOCCCCNC(C)c1ccc(Br)cc1Br. The quantitative estimate of drug-likeness (QED) is 0.585. The lowest BCUT2D eigenvalue weighted by molar-refractivity contribution is 0.0687. The summed E-state index contributed by atoms with van der Waals surface area (Å²) in [5.41, 5.74) is 1.28. The number of benzene rings is 1. The monoisotopic (exact) mass is 407 g/mol. The first-order valence-corrected chi connectivity index (χ1v) is 8.48. The van der Waals surface area contributed by atoms with Crippen molar-refractivity contribution in [2.75, 3.05) is 33.5 Å². The van der Waals surface area contributed by atoms with Crippen LogP contribution < -0.4 is 5.32 Å². The lowest BCUT2D eigenvalue weighted by Gasteiger charge is -2.16. The molecule has 0 spiro atoms. The van der Waals surface area contributed by atoms with Crippen LogP contribution in [-0.2, 0) is 9.47 Å². The van der Waals surface area contributed by atoms with Crippen LogP contribution in [0.4, 0.5) is 0 Å². The minimum atomic E-state index is 0.340. The maximum atomic E-state index is 5.43. The van der Waals surface area contributed by atoms with E-state index in [1.165, 1.54) is 5.56 Å². The second-order valence-corrected chi connectivity index (χ2v) is 6.42. The molecule has 0 fully saturated rings. The van der Waals surface area contributed by atoms with Crippen LogP contribution in [0.15, 0.2) is 27.1 Å². The molecular formula is C15H23Br2NO2.